The van der Waals surface area contributed by atoms with E-state index in [-0.39, 0.29) is 34.0 Å². The van der Waals surface area contributed by atoms with Gasteiger partial charge in [-0.3, -0.25) is 4.79 Å². The van der Waals surface area contributed by atoms with Crippen LogP contribution in [0.5, 0.6) is 0 Å². The lowest BCUT2D eigenvalue weighted by Gasteiger charge is -2.12. The molecular weight excluding hydrogens is 348 g/mol. The normalized spacial score (nSPS) is 12.6. The summed E-state index contributed by atoms with van der Waals surface area (Å²) in [6, 6.07) is 7.18. The van der Waals surface area contributed by atoms with Crippen LogP contribution in [0.4, 0.5) is 26.3 Å². The van der Waals surface area contributed by atoms with E-state index in [1.165, 1.54) is 12.1 Å². The molecule has 130 valence electrons. The lowest BCUT2D eigenvalue weighted by Crippen LogP contribution is -2.07. The molecule has 2 nitrogen and oxygen atoms in total. The number of rotatable bonds is 2. The minimum absolute atomic E-state index is 0.0863. The van der Waals surface area contributed by atoms with Crippen molar-refractivity contribution in [1.82, 2.24) is 4.98 Å². The summed E-state index contributed by atoms with van der Waals surface area (Å²) in [4.78, 5) is 14.0. The highest BCUT2D eigenvalue weighted by Gasteiger charge is 2.35. The molecule has 1 N–H and O–H groups in total. The molecule has 8 heteroatoms. The van der Waals surface area contributed by atoms with Crippen LogP contribution in [0.1, 0.15) is 21.5 Å². The van der Waals surface area contributed by atoms with Gasteiger partial charge in [0, 0.05) is 22.0 Å². The zero-order valence-electron chi connectivity index (χ0n) is 12.3. The standard InChI is InChI=1S/C17H9F6NO/c18-16(19,20)9-5-6-14-11(7-9)12(8-25)15(24-14)10-3-1-2-4-13(10)17(21,22)23/h1-8,24H. The number of fused-ring (bicyclic) bond motifs is 1. The first-order valence-corrected chi connectivity index (χ1v) is 6.97. The van der Waals surface area contributed by atoms with Crippen molar-refractivity contribution in [3.63, 3.8) is 0 Å². The van der Waals surface area contributed by atoms with E-state index in [0.717, 1.165) is 30.3 Å². The number of carbonyl (C=O) groups excluding carboxylic acids is 1. The summed E-state index contributed by atoms with van der Waals surface area (Å²) in [5, 5.41) is -0.0863. The Hall–Kier alpha value is -2.77. The highest BCUT2D eigenvalue weighted by molar-refractivity contribution is 6.05. The molecule has 0 unspecified atom stereocenters. The van der Waals surface area contributed by atoms with E-state index in [1.807, 2.05) is 0 Å². The first kappa shape index (κ1) is 17.1. The van der Waals surface area contributed by atoms with Crippen LogP contribution in [0.2, 0.25) is 0 Å². The van der Waals surface area contributed by atoms with Crippen molar-refractivity contribution in [2.75, 3.05) is 0 Å². The minimum atomic E-state index is -4.68. The first-order valence-electron chi connectivity index (χ1n) is 6.97. The molecule has 0 aliphatic rings. The third-order valence-corrected chi connectivity index (χ3v) is 3.79. The van der Waals surface area contributed by atoms with Crippen molar-refractivity contribution in [2.24, 2.45) is 0 Å². The topological polar surface area (TPSA) is 32.9 Å². The van der Waals surface area contributed by atoms with Crippen LogP contribution in [0, 0.1) is 0 Å². The Morgan fingerprint density at radius 3 is 2.16 bits per heavy atom. The molecule has 2 aromatic carbocycles. The molecule has 0 bridgehead atoms. The summed E-state index contributed by atoms with van der Waals surface area (Å²) in [5.41, 5.74) is -2.56. The number of aldehydes is 1. The number of benzene rings is 2. The van der Waals surface area contributed by atoms with Gasteiger partial charge in [-0.15, -0.1) is 0 Å². The van der Waals surface area contributed by atoms with Gasteiger partial charge in [0.2, 0.25) is 0 Å². The molecule has 0 fully saturated rings. The van der Waals surface area contributed by atoms with Crippen molar-refractivity contribution in [2.45, 2.75) is 12.4 Å². The van der Waals surface area contributed by atoms with E-state index in [9.17, 15) is 31.1 Å². The van der Waals surface area contributed by atoms with Crippen LogP contribution in [-0.2, 0) is 12.4 Å². The third-order valence-electron chi connectivity index (χ3n) is 3.79. The summed E-state index contributed by atoms with van der Waals surface area (Å²) in [7, 11) is 0. The quantitative estimate of drug-likeness (QED) is 0.464. The van der Waals surface area contributed by atoms with E-state index in [2.05, 4.69) is 4.98 Å². The first-order chi connectivity index (χ1) is 11.6. The van der Waals surface area contributed by atoms with Gasteiger partial charge in [-0.2, -0.15) is 26.3 Å². The average Bonchev–Trinajstić information content (AvgIpc) is 2.90. The third kappa shape index (κ3) is 2.99. The lowest BCUT2D eigenvalue weighted by atomic mass is 10.00. The van der Waals surface area contributed by atoms with Crippen molar-refractivity contribution in [1.29, 1.82) is 0 Å². The molecule has 1 aromatic heterocycles. The maximum Gasteiger partial charge on any atom is 0.417 e. The van der Waals surface area contributed by atoms with Gasteiger partial charge in [-0.25, -0.2) is 0 Å². The van der Waals surface area contributed by atoms with Gasteiger partial charge in [0.1, 0.15) is 0 Å². The Bertz CT molecular complexity index is 952. The van der Waals surface area contributed by atoms with Crippen LogP contribution >= 0.6 is 0 Å². The summed E-state index contributed by atoms with van der Waals surface area (Å²) in [6.07, 6.45) is -9.05. The fraction of sp³-hybridized carbons (Fsp3) is 0.118. The molecular formula is C17H9F6NO. The van der Waals surface area contributed by atoms with E-state index in [1.54, 1.807) is 0 Å². The summed E-state index contributed by atoms with van der Waals surface area (Å²) >= 11 is 0. The van der Waals surface area contributed by atoms with Crippen molar-refractivity contribution >= 4 is 17.2 Å². The average molecular weight is 357 g/mol. The number of aromatic amines is 1. The molecule has 0 aliphatic carbocycles. The van der Waals surface area contributed by atoms with Gasteiger partial charge in [0.25, 0.3) is 0 Å². The van der Waals surface area contributed by atoms with Crippen LogP contribution in [0.3, 0.4) is 0 Å². The van der Waals surface area contributed by atoms with Gasteiger partial charge < -0.3 is 4.98 Å². The predicted octanol–water partition coefficient (Wildman–Crippen LogP) is 5.69. The number of carbonyl (C=O) groups is 1. The summed E-state index contributed by atoms with van der Waals surface area (Å²) in [5.74, 6) is 0. The molecule has 3 aromatic rings. The SMILES string of the molecule is O=Cc1c(-c2ccccc2C(F)(F)F)[nH]c2ccc(C(F)(F)F)cc12. The number of hydrogen-bond donors (Lipinski definition) is 1. The highest BCUT2D eigenvalue weighted by atomic mass is 19.4. The van der Waals surface area contributed by atoms with Gasteiger partial charge in [-0.1, -0.05) is 18.2 Å². The van der Waals surface area contributed by atoms with Crippen molar-refractivity contribution in [3.8, 4) is 11.3 Å². The van der Waals surface area contributed by atoms with Gasteiger partial charge >= 0.3 is 12.4 Å². The number of alkyl halides is 6. The molecule has 0 saturated carbocycles. The Kier molecular flexibility index (Phi) is 3.85. The van der Waals surface area contributed by atoms with Crippen LogP contribution in [0.15, 0.2) is 42.5 Å². The fourth-order valence-corrected chi connectivity index (χ4v) is 2.67. The lowest BCUT2D eigenvalue weighted by molar-refractivity contribution is -0.138. The molecule has 0 atom stereocenters. The minimum Gasteiger partial charge on any atom is -0.354 e. The Balaban J connectivity index is 2.31. The van der Waals surface area contributed by atoms with Crippen LogP contribution < -0.4 is 0 Å². The molecule has 0 aliphatic heterocycles. The Morgan fingerprint density at radius 1 is 0.880 bits per heavy atom. The molecule has 0 amide bonds. The van der Waals surface area contributed by atoms with Gasteiger partial charge in [0.15, 0.2) is 6.29 Å². The number of aromatic nitrogens is 1. The maximum absolute atomic E-state index is 13.2. The monoisotopic (exact) mass is 357 g/mol. The van der Waals surface area contributed by atoms with E-state index >= 15 is 0 Å². The predicted molar refractivity (Wildman–Crippen MR) is 79.1 cm³/mol. The smallest absolute Gasteiger partial charge is 0.354 e. The molecule has 1 heterocycles. The molecule has 3 rings (SSSR count). The van der Waals surface area contributed by atoms with Gasteiger partial charge in [-0.05, 0) is 24.3 Å². The Labute approximate surface area is 137 Å². The van der Waals surface area contributed by atoms with E-state index in [4.69, 9.17) is 0 Å². The molecule has 25 heavy (non-hydrogen) atoms. The van der Waals surface area contributed by atoms with Crippen LogP contribution in [0.25, 0.3) is 22.2 Å². The van der Waals surface area contributed by atoms with Crippen LogP contribution in [-0.4, -0.2) is 11.3 Å². The zero-order valence-corrected chi connectivity index (χ0v) is 12.3. The number of halogens is 6. The van der Waals surface area contributed by atoms with E-state index < -0.39 is 23.5 Å². The molecule has 0 saturated heterocycles. The van der Waals surface area contributed by atoms with Gasteiger partial charge in [0.05, 0.1) is 16.8 Å². The second kappa shape index (κ2) is 5.65. The largest absolute Gasteiger partial charge is 0.417 e. The second-order valence-corrected chi connectivity index (χ2v) is 5.33. The van der Waals surface area contributed by atoms with Crippen molar-refractivity contribution in [3.05, 3.63) is 59.2 Å². The molecule has 0 radical (unpaired) electrons. The number of hydrogen-bond acceptors (Lipinski definition) is 1. The second-order valence-electron chi connectivity index (χ2n) is 5.33. The van der Waals surface area contributed by atoms with Crippen molar-refractivity contribution < 1.29 is 31.1 Å². The molecule has 0 spiro atoms. The van der Waals surface area contributed by atoms with E-state index in [0.29, 0.717) is 0 Å². The Morgan fingerprint density at radius 2 is 1.56 bits per heavy atom. The zero-order chi connectivity index (χ0) is 18.4. The highest BCUT2D eigenvalue weighted by Crippen LogP contribution is 2.40. The summed E-state index contributed by atoms with van der Waals surface area (Å²) in [6.45, 7) is 0. The number of H-pyrrole nitrogens is 1. The number of nitrogens with one attached hydrogen (secondary N) is 1. The maximum atomic E-state index is 13.2. The summed E-state index contributed by atoms with van der Waals surface area (Å²) < 4.78 is 78.1. The fourth-order valence-electron chi connectivity index (χ4n) is 2.67.